The van der Waals surface area contributed by atoms with Crippen molar-refractivity contribution >= 4 is 34.4 Å². The van der Waals surface area contributed by atoms with Crippen LogP contribution in [0, 0.1) is 16.3 Å². The van der Waals surface area contributed by atoms with E-state index in [2.05, 4.69) is 0 Å². The van der Waals surface area contributed by atoms with Crippen LogP contribution in [-0.2, 0) is 12.3 Å². The third-order valence-electron chi connectivity index (χ3n) is 6.49. The lowest BCUT2D eigenvalue weighted by molar-refractivity contribution is 0.0162. The van der Waals surface area contributed by atoms with E-state index in [1.54, 1.807) is 11.5 Å². The molecule has 3 aromatic rings. The van der Waals surface area contributed by atoms with Crippen LogP contribution in [0.25, 0.3) is 0 Å². The molecule has 2 N–H and O–H groups in total. The predicted molar refractivity (Wildman–Crippen MR) is 139 cm³/mol. The van der Waals surface area contributed by atoms with Crippen LogP contribution in [0.4, 0.5) is 13.2 Å². The fourth-order valence-corrected chi connectivity index (χ4v) is 6.87. The summed E-state index contributed by atoms with van der Waals surface area (Å²) in [5.74, 6) is -3.88. The van der Waals surface area contributed by atoms with Crippen molar-refractivity contribution in [2.24, 2.45) is 5.73 Å². The number of nitrogens with two attached hydrogens (primary N) is 1. The summed E-state index contributed by atoms with van der Waals surface area (Å²) < 4.78 is 45.3. The highest BCUT2D eigenvalue weighted by Crippen LogP contribution is 2.53. The van der Waals surface area contributed by atoms with Crippen molar-refractivity contribution in [3.05, 3.63) is 96.1 Å². The Hall–Kier alpha value is -1.78. The molecule has 4 rings (SSSR count). The summed E-state index contributed by atoms with van der Waals surface area (Å²) in [6.07, 6.45) is -0.0424. The maximum Gasteiger partial charge on any atom is 0.270 e. The Bertz CT molecular complexity index is 1300. The first-order valence-corrected chi connectivity index (χ1v) is 12.8. The number of rotatable bonds is 5. The number of aromatic nitrogens is 1. The average Bonchev–Trinajstić information content (AvgIpc) is 3.06. The number of thioether (sulfide) groups is 1. The summed E-state index contributed by atoms with van der Waals surface area (Å²) in [5.41, 5.74) is 8.43. The quantitative estimate of drug-likeness (QED) is 0.332. The van der Waals surface area contributed by atoms with Crippen LogP contribution >= 0.6 is 34.4 Å². The molecule has 1 aliphatic heterocycles. The lowest BCUT2D eigenvalue weighted by atomic mass is 9.90. The lowest BCUT2D eigenvalue weighted by Gasteiger charge is -2.32. The van der Waals surface area contributed by atoms with Gasteiger partial charge in [0.25, 0.3) is 11.5 Å². The van der Waals surface area contributed by atoms with Gasteiger partial charge in [-0.3, -0.25) is 9.36 Å². The Balaban J connectivity index is 1.93. The largest absolute Gasteiger partial charge is 0.322 e. The van der Waals surface area contributed by atoms with Crippen LogP contribution in [0.1, 0.15) is 60.7 Å². The molecule has 2 unspecified atom stereocenters. The average molecular weight is 598 g/mol. The van der Waals surface area contributed by atoms with E-state index < -0.39 is 22.5 Å². The smallest absolute Gasteiger partial charge is 0.270 e. The summed E-state index contributed by atoms with van der Waals surface area (Å²) in [4.78, 5) is 13.5. The van der Waals surface area contributed by atoms with E-state index in [-0.39, 0.29) is 29.1 Å². The Morgan fingerprint density at radius 2 is 1.79 bits per heavy atom. The number of benzene rings is 2. The Labute approximate surface area is 215 Å². The topological polar surface area (TPSA) is 48.0 Å². The SMILES string of the molecule is Cc1c(Cc2c(F)cccc2C(C)(F)F)c2n(c(=O)c1I)C(C(N)c1ccccc1)C(C)(C)S2. The van der Waals surface area contributed by atoms with E-state index in [4.69, 9.17) is 5.73 Å². The monoisotopic (exact) mass is 598 g/mol. The standard InChI is InChI=1S/C26H26F3IN2OS/c1-14-16(13-17-18(26(4,28)29)11-8-12-19(17)27)24-32(23(33)20(14)30)22(25(2,3)34-24)21(31)15-9-6-5-7-10-15/h5-12,21-22H,13,31H2,1-4H3. The van der Waals surface area contributed by atoms with Crippen molar-refractivity contribution in [1.82, 2.24) is 4.57 Å². The molecule has 180 valence electrons. The third-order valence-corrected chi connectivity index (χ3v) is 9.16. The second-order valence-corrected chi connectivity index (χ2v) is 12.0. The Kier molecular flexibility index (Phi) is 6.72. The van der Waals surface area contributed by atoms with Gasteiger partial charge in [-0.25, -0.2) is 13.2 Å². The third kappa shape index (κ3) is 4.33. The molecule has 1 aromatic heterocycles. The summed E-state index contributed by atoms with van der Waals surface area (Å²) in [5, 5.41) is 0.665. The zero-order valence-electron chi connectivity index (χ0n) is 19.3. The van der Waals surface area contributed by atoms with Crippen LogP contribution < -0.4 is 11.3 Å². The lowest BCUT2D eigenvalue weighted by Crippen LogP contribution is -2.39. The maximum atomic E-state index is 14.9. The minimum absolute atomic E-state index is 0.0424. The van der Waals surface area contributed by atoms with E-state index >= 15 is 0 Å². The minimum Gasteiger partial charge on any atom is -0.322 e. The van der Waals surface area contributed by atoms with Gasteiger partial charge in [-0.15, -0.1) is 0 Å². The Morgan fingerprint density at radius 1 is 1.15 bits per heavy atom. The molecular formula is C26H26F3IN2OS. The molecular weight excluding hydrogens is 572 g/mol. The molecule has 8 heteroatoms. The van der Waals surface area contributed by atoms with Crippen LogP contribution in [0.15, 0.2) is 58.4 Å². The van der Waals surface area contributed by atoms with Crippen molar-refractivity contribution in [2.75, 3.05) is 0 Å². The minimum atomic E-state index is -3.20. The number of nitrogens with zero attached hydrogens (tertiary/aromatic N) is 1. The summed E-state index contributed by atoms with van der Waals surface area (Å²) >= 11 is 3.50. The molecule has 0 bridgehead atoms. The van der Waals surface area contributed by atoms with E-state index in [0.29, 0.717) is 19.7 Å². The van der Waals surface area contributed by atoms with E-state index in [0.717, 1.165) is 12.5 Å². The molecule has 0 aliphatic carbocycles. The number of alkyl halides is 2. The highest BCUT2D eigenvalue weighted by Gasteiger charge is 2.46. The van der Waals surface area contributed by atoms with Gasteiger partial charge < -0.3 is 5.73 Å². The number of pyridine rings is 1. The van der Waals surface area contributed by atoms with Crippen LogP contribution in [0.2, 0.25) is 0 Å². The highest BCUT2D eigenvalue weighted by molar-refractivity contribution is 14.1. The van der Waals surface area contributed by atoms with Crippen molar-refractivity contribution in [1.29, 1.82) is 0 Å². The first-order valence-electron chi connectivity index (χ1n) is 10.9. The Morgan fingerprint density at radius 3 is 2.41 bits per heavy atom. The molecule has 0 saturated heterocycles. The number of hydrogen-bond acceptors (Lipinski definition) is 3. The van der Waals surface area contributed by atoms with Crippen molar-refractivity contribution in [3.8, 4) is 0 Å². The molecule has 0 saturated carbocycles. The second kappa shape index (κ2) is 9.02. The van der Waals surface area contributed by atoms with Gasteiger partial charge in [0.1, 0.15) is 5.82 Å². The van der Waals surface area contributed by atoms with Crippen LogP contribution in [0.3, 0.4) is 0 Å². The summed E-state index contributed by atoms with van der Waals surface area (Å²) in [6, 6.07) is 12.5. The summed E-state index contributed by atoms with van der Waals surface area (Å²) in [7, 11) is 0. The fourth-order valence-electron chi connectivity index (χ4n) is 4.77. The van der Waals surface area contributed by atoms with Gasteiger partial charge in [0.2, 0.25) is 0 Å². The molecule has 2 atom stereocenters. The van der Waals surface area contributed by atoms with E-state index in [1.165, 1.54) is 30.0 Å². The molecule has 2 aromatic carbocycles. The van der Waals surface area contributed by atoms with Crippen molar-refractivity contribution in [2.45, 2.75) is 61.9 Å². The van der Waals surface area contributed by atoms with Crippen molar-refractivity contribution < 1.29 is 13.2 Å². The van der Waals surface area contributed by atoms with Gasteiger partial charge in [0, 0.05) is 29.2 Å². The van der Waals surface area contributed by atoms with Gasteiger partial charge >= 0.3 is 0 Å². The molecule has 0 amide bonds. The van der Waals surface area contributed by atoms with E-state index in [1.807, 2.05) is 66.8 Å². The van der Waals surface area contributed by atoms with Gasteiger partial charge in [-0.05, 0) is 66.1 Å². The van der Waals surface area contributed by atoms with Gasteiger partial charge in [-0.2, -0.15) is 0 Å². The predicted octanol–water partition coefficient (Wildman–Crippen LogP) is 6.73. The molecule has 0 spiro atoms. The number of hydrogen-bond donors (Lipinski definition) is 1. The second-order valence-electron chi connectivity index (χ2n) is 9.32. The van der Waals surface area contributed by atoms with Crippen LogP contribution in [0.5, 0.6) is 0 Å². The molecule has 3 nitrogen and oxygen atoms in total. The maximum absolute atomic E-state index is 14.9. The van der Waals surface area contributed by atoms with Gasteiger partial charge in [0.05, 0.1) is 20.7 Å². The number of halogens is 4. The molecule has 34 heavy (non-hydrogen) atoms. The normalized spacial score (nSPS) is 18.1. The van der Waals surface area contributed by atoms with Crippen molar-refractivity contribution in [3.63, 3.8) is 0 Å². The van der Waals surface area contributed by atoms with Gasteiger partial charge in [0.15, 0.2) is 0 Å². The molecule has 0 radical (unpaired) electrons. The molecule has 0 fully saturated rings. The molecule has 1 aliphatic rings. The van der Waals surface area contributed by atoms with E-state index in [9.17, 15) is 18.0 Å². The number of fused-ring (bicyclic) bond motifs is 1. The van der Waals surface area contributed by atoms with Gasteiger partial charge in [-0.1, -0.05) is 54.2 Å². The first-order chi connectivity index (χ1) is 15.8. The first kappa shape index (κ1) is 25.3. The zero-order valence-corrected chi connectivity index (χ0v) is 22.3. The zero-order chi connectivity index (χ0) is 25.0. The summed E-state index contributed by atoms with van der Waals surface area (Å²) in [6.45, 7) is 6.62. The van der Waals surface area contributed by atoms with Crippen LogP contribution in [-0.4, -0.2) is 9.31 Å². The highest BCUT2D eigenvalue weighted by atomic mass is 127. The molecule has 2 heterocycles. The fraction of sp³-hybridized carbons (Fsp3) is 0.346.